The summed E-state index contributed by atoms with van der Waals surface area (Å²) in [5, 5.41) is 3.02. The van der Waals surface area contributed by atoms with Crippen molar-refractivity contribution in [2.24, 2.45) is 11.1 Å². The fourth-order valence-electron chi connectivity index (χ4n) is 3.31. The van der Waals surface area contributed by atoms with Crippen molar-refractivity contribution in [3.8, 4) is 11.8 Å². The van der Waals surface area contributed by atoms with Crippen molar-refractivity contribution in [2.75, 3.05) is 0 Å². The zero-order valence-corrected chi connectivity index (χ0v) is 11.1. The molecule has 2 N–H and O–H groups in total. The van der Waals surface area contributed by atoms with Crippen molar-refractivity contribution >= 4 is 11.3 Å². The molecule has 3 heteroatoms. The highest BCUT2D eigenvalue weighted by atomic mass is 32.1. The fourth-order valence-corrected chi connectivity index (χ4v) is 3.95. The molecule has 0 radical (unpaired) electrons. The first-order valence-corrected chi connectivity index (χ1v) is 7.22. The first-order valence-electron chi connectivity index (χ1n) is 6.34. The number of hydrogen-bond donors (Lipinski definition) is 1. The van der Waals surface area contributed by atoms with Crippen LogP contribution in [0.3, 0.4) is 0 Å². The Labute approximate surface area is 107 Å². The highest BCUT2D eigenvalue weighted by Crippen LogP contribution is 2.52. The Morgan fingerprint density at radius 2 is 2.24 bits per heavy atom. The lowest BCUT2D eigenvalue weighted by Gasteiger charge is -2.33. The van der Waals surface area contributed by atoms with Crippen molar-refractivity contribution in [1.29, 1.82) is 0 Å². The number of rotatable bonds is 0. The summed E-state index contributed by atoms with van der Waals surface area (Å²) in [6.45, 7) is 2.01. The second kappa shape index (κ2) is 3.83. The van der Waals surface area contributed by atoms with Crippen LogP contribution in [0.1, 0.15) is 49.2 Å². The predicted molar refractivity (Wildman–Crippen MR) is 70.8 cm³/mol. The van der Waals surface area contributed by atoms with E-state index in [4.69, 9.17) is 5.73 Å². The third kappa shape index (κ3) is 2.12. The van der Waals surface area contributed by atoms with Crippen LogP contribution in [0.5, 0.6) is 0 Å². The van der Waals surface area contributed by atoms with Crippen LogP contribution in [-0.2, 0) is 0 Å². The van der Waals surface area contributed by atoms with Gasteiger partial charge < -0.3 is 5.73 Å². The summed E-state index contributed by atoms with van der Waals surface area (Å²) in [5.74, 6) is 6.77. The van der Waals surface area contributed by atoms with Gasteiger partial charge in [0.05, 0.1) is 0 Å². The largest absolute Gasteiger partial charge is 0.325 e. The molecule has 2 nitrogen and oxygen atoms in total. The molecule has 2 unspecified atom stereocenters. The predicted octanol–water partition coefficient (Wildman–Crippen LogP) is 2.85. The summed E-state index contributed by atoms with van der Waals surface area (Å²) >= 11 is 1.64. The first-order chi connectivity index (χ1) is 8.09. The van der Waals surface area contributed by atoms with Crippen LogP contribution in [0, 0.1) is 24.2 Å². The van der Waals surface area contributed by atoms with Gasteiger partial charge in [-0.25, -0.2) is 4.98 Å². The Hall–Kier alpha value is -0.850. The van der Waals surface area contributed by atoms with Gasteiger partial charge in [0, 0.05) is 22.0 Å². The number of nitrogens with two attached hydrogens (primary N) is 1. The van der Waals surface area contributed by atoms with Crippen LogP contribution in [0.2, 0.25) is 0 Å². The number of aryl methyl sites for hydroxylation is 1. The minimum absolute atomic E-state index is 0.0890. The third-order valence-corrected chi connectivity index (χ3v) is 5.05. The van der Waals surface area contributed by atoms with E-state index in [0.29, 0.717) is 0 Å². The topological polar surface area (TPSA) is 38.9 Å². The molecule has 2 saturated carbocycles. The number of nitrogens with zero attached hydrogens (tertiary/aromatic N) is 1. The molecule has 2 aliphatic carbocycles. The molecule has 0 aliphatic heterocycles. The summed E-state index contributed by atoms with van der Waals surface area (Å²) in [7, 11) is 0. The van der Waals surface area contributed by atoms with Gasteiger partial charge in [-0.3, -0.25) is 0 Å². The van der Waals surface area contributed by atoms with E-state index < -0.39 is 0 Å². The Morgan fingerprint density at radius 3 is 3.00 bits per heavy atom. The monoisotopic (exact) mass is 246 g/mol. The molecule has 1 aromatic heterocycles. The van der Waals surface area contributed by atoms with Gasteiger partial charge in [-0.15, -0.1) is 11.3 Å². The van der Waals surface area contributed by atoms with Crippen LogP contribution in [0.25, 0.3) is 0 Å². The van der Waals surface area contributed by atoms with Gasteiger partial charge >= 0.3 is 0 Å². The van der Waals surface area contributed by atoms with Crippen LogP contribution >= 0.6 is 11.3 Å². The molecule has 3 rings (SSSR count). The van der Waals surface area contributed by atoms with Gasteiger partial charge in [0.15, 0.2) is 5.01 Å². The van der Waals surface area contributed by atoms with Crippen molar-refractivity contribution in [3.05, 3.63) is 16.1 Å². The fraction of sp³-hybridized carbons (Fsp3) is 0.643. The van der Waals surface area contributed by atoms with E-state index in [2.05, 4.69) is 22.2 Å². The Kier molecular flexibility index (Phi) is 2.53. The van der Waals surface area contributed by atoms with Gasteiger partial charge in [-0.1, -0.05) is 12.3 Å². The van der Waals surface area contributed by atoms with Crippen molar-refractivity contribution < 1.29 is 0 Å². The lowest BCUT2D eigenvalue weighted by molar-refractivity contribution is 0.257. The van der Waals surface area contributed by atoms with Crippen LogP contribution in [-0.4, -0.2) is 10.5 Å². The van der Waals surface area contributed by atoms with Crippen molar-refractivity contribution in [3.63, 3.8) is 0 Å². The SMILES string of the molecule is Cc1csc(C#CC23CCCC(N)(CC2)C3)n1. The quantitative estimate of drug-likeness (QED) is 0.715. The Bertz CT molecular complexity index is 496. The maximum absolute atomic E-state index is 6.38. The Balaban J connectivity index is 1.84. The molecule has 0 spiro atoms. The van der Waals surface area contributed by atoms with E-state index in [0.717, 1.165) is 23.5 Å². The smallest absolute Gasteiger partial charge is 0.167 e. The van der Waals surface area contributed by atoms with E-state index >= 15 is 0 Å². The average molecular weight is 246 g/mol. The van der Waals surface area contributed by atoms with Gasteiger partial charge in [0.25, 0.3) is 0 Å². The van der Waals surface area contributed by atoms with Gasteiger partial charge in [0.1, 0.15) is 0 Å². The van der Waals surface area contributed by atoms with Gasteiger partial charge in [-0.2, -0.15) is 0 Å². The molecular weight excluding hydrogens is 228 g/mol. The van der Waals surface area contributed by atoms with Gasteiger partial charge in [-0.05, 0) is 44.9 Å². The molecule has 1 heterocycles. The normalized spacial score (nSPS) is 35.4. The number of fused-ring (bicyclic) bond motifs is 2. The maximum Gasteiger partial charge on any atom is 0.167 e. The zero-order chi connectivity index (χ0) is 11.9. The van der Waals surface area contributed by atoms with E-state index in [1.807, 2.05) is 6.92 Å². The third-order valence-electron chi connectivity index (χ3n) is 4.18. The minimum atomic E-state index is 0.0890. The molecular formula is C14H18N2S. The molecule has 2 bridgehead atoms. The zero-order valence-electron chi connectivity index (χ0n) is 10.3. The molecule has 17 heavy (non-hydrogen) atoms. The molecule has 1 aromatic rings. The first kappa shape index (κ1) is 11.3. The van der Waals surface area contributed by atoms with Crippen LogP contribution in [0.4, 0.5) is 0 Å². The molecule has 0 aromatic carbocycles. The second-order valence-corrected chi connectivity index (χ2v) is 6.58. The van der Waals surface area contributed by atoms with Crippen LogP contribution < -0.4 is 5.73 Å². The van der Waals surface area contributed by atoms with E-state index in [1.54, 1.807) is 11.3 Å². The van der Waals surface area contributed by atoms with Gasteiger partial charge in [0.2, 0.25) is 0 Å². The lowest BCUT2D eigenvalue weighted by Crippen LogP contribution is -2.40. The maximum atomic E-state index is 6.38. The van der Waals surface area contributed by atoms with Crippen molar-refractivity contribution in [2.45, 2.75) is 51.0 Å². The number of thiazole rings is 1. The lowest BCUT2D eigenvalue weighted by atomic mass is 9.74. The summed E-state index contributed by atoms with van der Waals surface area (Å²) in [6, 6.07) is 0. The molecule has 0 amide bonds. The molecule has 2 aliphatic rings. The molecule has 0 saturated heterocycles. The number of hydrogen-bond acceptors (Lipinski definition) is 3. The highest BCUT2D eigenvalue weighted by Gasteiger charge is 2.48. The summed E-state index contributed by atoms with van der Waals surface area (Å²) < 4.78 is 0. The summed E-state index contributed by atoms with van der Waals surface area (Å²) in [6.07, 6.45) is 7.08. The minimum Gasteiger partial charge on any atom is -0.325 e. The highest BCUT2D eigenvalue weighted by molar-refractivity contribution is 7.10. The second-order valence-electron chi connectivity index (χ2n) is 5.72. The molecule has 2 fully saturated rings. The standard InChI is InChI=1S/C14H18N2S/c1-11-9-17-12(16-11)3-6-13-4-2-5-14(15,10-13)8-7-13/h9H,2,4-5,7-8,10,15H2,1H3. The van der Waals surface area contributed by atoms with E-state index in [1.165, 1.54) is 25.7 Å². The van der Waals surface area contributed by atoms with Crippen molar-refractivity contribution in [1.82, 2.24) is 4.98 Å². The average Bonchev–Trinajstić information content (AvgIpc) is 2.79. The van der Waals surface area contributed by atoms with Crippen LogP contribution in [0.15, 0.2) is 5.38 Å². The molecule has 90 valence electrons. The molecule has 2 atom stereocenters. The van der Waals surface area contributed by atoms with E-state index in [-0.39, 0.29) is 11.0 Å². The van der Waals surface area contributed by atoms with E-state index in [9.17, 15) is 0 Å². The summed E-state index contributed by atoms with van der Waals surface area (Å²) in [4.78, 5) is 4.41. The Morgan fingerprint density at radius 1 is 1.35 bits per heavy atom. The number of aromatic nitrogens is 1. The summed E-state index contributed by atoms with van der Waals surface area (Å²) in [5.41, 5.74) is 7.74.